The van der Waals surface area contributed by atoms with Gasteiger partial charge in [0.1, 0.15) is 0 Å². The van der Waals surface area contributed by atoms with Gasteiger partial charge in [-0.2, -0.15) is 0 Å². The first-order valence-electron chi connectivity index (χ1n) is 4.48. The highest BCUT2D eigenvalue weighted by molar-refractivity contribution is 5.83. The van der Waals surface area contributed by atoms with Gasteiger partial charge in [-0.15, -0.1) is 0 Å². The standard InChI is InChI=1S/C11H13NO/c1-9-8-11(2,13-12-9)10-6-4-3-5-7-10/h3-7H,8H2,1-2H3. The fourth-order valence-corrected chi connectivity index (χ4v) is 1.68. The summed E-state index contributed by atoms with van der Waals surface area (Å²) in [6, 6.07) is 10.2. The number of benzene rings is 1. The average Bonchev–Trinajstić information content (AvgIpc) is 2.49. The van der Waals surface area contributed by atoms with E-state index in [1.54, 1.807) is 0 Å². The predicted octanol–water partition coefficient (Wildman–Crippen LogP) is 2.70. The second-order valence-electron chi connectivity index (χ2n) is 3.69. The molecule has 1 aliphatic rings. The van der Waals surface area contributed by atoms with Crippen LogP contribution >= 0.6 is 0 Å². The quantitative estimate of drug-likeness (QED) is 0.643. The minimum absolute atomic E-state index is 0.245. The Bertz CT molecular complexity index is 331. The zero-order valence-corrected chi connectivity index (χ0v) is 7.95. The molecule has 2 rings (SSSR count). The van der Waals surface area contributed by atoms with E-state index in [2.05, 4.69) is 24.2 Å². The summed E-state index contributed by atoms with van der Waals surface area (Å²) < 4.78 is 0. The Morgan fingerprint density at radius 3 is 2.54 bits per heavy atom. The van der Waals surface area contributed by atoms with Gasteiger partial charge >= 0.3 is 0 Å². The van der Waals surface area contributed by atoms with Crippen molar-refractivity contribution >= 4 is 5.71 Å². The molecular weight excluding hydrogens is 162 g/mol. The zero-order valence-electron chi connectivity index (χ0n) is 7.95. The fourth-order valence-electron chi connectivity index (χ4n) is 1.68. The molecule has 0 saturated carbocycles. The molecule has 0 aliphatic carbocycles. The molecule has 2 heteroatoms. The van der Waals surface area contributed by atoms with Crippen LogP contribution in [0.15, 0.2) is 35.5 Å². The number of nitrogens with zero attached hydrogens (tertiary/aromatic N) is 1. The topological polar surface area (TPSA) is 21.6 Å². The van der Waals surface area contributed by atoms with Gasteiger partial charge in [-0.3, -0.25) is 0 Å². The molecule has 13 heavy (non-hydrogen) atoms. The summed E-state index contributed by atoms with van der Waals surface area (Å²) >= 11 is 0. The maximum atomic E-state index is 5.43. The fraction of sp³-hybridized carbons (Fsp3) is 0.364. The molecule has 0 spiro atoms. The third-order valence-corrected chi connectivity index (χ3v) is 2.38. The first kappa shape index (κ1) is 8.30. The van der Waals surface area contributed by atoms with Gasteiger partial charge in [0.15, 0.2) is 5.60 Å². The molecule has 0 aromatic heterocycles. The van der Waals surface area contributed by atoms with Crippen LogP contribution in [0, 0.1) is 0 Å². The van der Waals surface area contributed by atoms with Gasteiger partial charge in [-0.25, -0.2) is 0 Å². The van der Waals surface area contributed by atoms with E-state index in [1.807, 2.05) is 25.1 Å². The molecule has 1 aromatic rings. The van der Waals surface area contributed by atoms with Gasteiger partial charge in [0.25, 0.3) is 0 Å². The summed E-state index contributed by atoms with van der Waals surface area (Å²) in [7, 11) is 0. The first-order chi connectivity index (χ1) is 6.21. The minimum Gasteiger partial charge on any atom is -0.384 e. The van der Waals surface area contributed by atoms with Crippen LogP contribution in [0.3, 0.4) is 0 Å². The maximum absolute atomic E-state index is 5.43. The van der Waals surface area contributed by atoms with Crippen LogP contribution in [0.4, 0.5) is 0 Å². The third kappa shape index (κ3) is 1.44. The molecule has 2 nitrogen and oxygen atoms in total. The van der Waals surface area contributed by atoms with Gasteiger partial charge in [0, 0.05) is 6.42 Å². The molecule has 1 atom stereocenters. The van der Waals surface area contributed by atoms with Crippen LogP contribution in [0.25, 0.3) is 0 Å². The largest absolute Gasteiger partial charge is 0.384 e. The molecule has 1 aliphatic heterocycles. The molecule has 0 bridgehead atoms. The number of oxime groups is 1. The van der Waals surface area contributed by atoms with Gasteiger partial charge in [-0.1, -0.05) is 35.5 Å². The Labute approximate surface area is 78.2 Å². The summed E-state index contributed by atoms with van der Waals surface area (Å²) in [5, 5.41) is 3.98. The number of hydrogen-bond donors (Lipinski definition) is 0. The monoisotopic (exact) mass is 175 g/mol. The lowest BCUT2D eigenvalue weighted by Gasteiger charge is -2.21. The van der Waals surface area contributed by atoms with Crippen LogP contribution < -0.4 is 0 Å². The van der Waals surface area contributed by atoms with Crippen molar-refractivity contribution in [1.82, 2.24) is 0 Å². The summed E-state index contributed by atoms with van der Waals surface area (Å²) in [6.07, 6.45) is 0.886. The van der Waals surface area contributed by atoms with E-state index in [1.165, 1.54) is 5.56 Å². The van der Waals surface area contributed by atoms with Crippen LogP contribution in [-0.2, 0) is 10.4 Å². The second kappa shape index (κ2) is 2.87. The van der Waals surface area contributed by atoms with Crippen LogP contribution in [0.2, 0.25) is 0 Å². The maximum Gasteiger partial charge on any atom is 0.165 e. The van der Waals surface area contributed by atoms with Gasteiger partial charge in [0.05, 0.1) is 5.71 Å². The summed E-state index contributed by atoms with van der Waals surface area (Å²) in [6.45, 7) is 4.07. The lowest BCUT2D eigenvalue weighted by atomic mass is 9.91. The van der Waals surface area contributed by atoms with E-state index in [4.69, 9.17) is 4.84 Å². The lowest BCUT2D eigenvalue weighted by Crippen LogP contribution is -2.20. The van der Waals surface area contributed by atoms with Crippen molar-refractivity contribution in [1.29, 1.82) is 0 Å². The van der Waals surface area contributed by atoms with E-state index < -0.39 is 0 Å². The summed E-state index contributed by atoms with van der Waals surface area (Å²) in [5.74, 6) is 0. The SMILES string of the molecule is CC1=NOC(C)(c2ccccc2)C1. The van der Waals surface area contributed by atoms with Crippen molar-refractivity contribution in [3.8, 4) is 0 Å². The lowest BCUT2D eigenvalue weighted by molar-refractivity contribution is -0.00738. The predicted molar refractivity (Wildman–Crippen MR) is 52.6 cm³/mol. The van der Waals surface area contributed by atoms with Crippen molar-refractivity contribution in [2.75, 3.05) is 0 Å². The smallest absolute Gasteiger partial charge is 0.165 e. The summed E-state index contributed by atoms with van der Waals surface area (Å²) in [5.41, 5.74) is 2.01. The number of rotatable bonds is 1. The molecule has 0 amide bonds. The molecular formula is C11H13NO. The molecule has 0 N–H and O–H groups in total. The highest BCUT2D eigenvalue weighted by atomic mass is 16.7. The normalized spacial score (nSPS) is 26.8. The van der Waals surface area contributed by atoms with Crippen molar-refractivity contribution in [3.63, 3.8) is 0 Å². The Morgan fingerprint density at radius 2 is 2.00 bits per heavy atom. The molecule has 0 fully saturated rings. The Balaban J connectivity index is 2.28. The molecule has 1 heterocycles. The van der Waals surface area contributed by atoms with Crippen molar-refractivity contribution in [3.05, 3.63) is 35.9 Å². The van der Waals surface area contributed by atoms with E-state index in [0.717, 1.165) is 12.1 Å². The second-order valence-corrected chi connectivity index (χ2v) is 3.69. The van der Waals surface area contributed by atoms with Crippen molar-refractivity contribution < 1.29 is 4.84 Å². The van der Waals surface area contributed by atoms with Gasteiger partial charge in [-0.05, 0) is 19.4 Å². The Morgan fingerprint density at radius 1 is 1.31 bits per heavy atom. The highest BCUT2D eigenvalue weighted by Gasteiger charge is 2.34. The molecule has 1 aromatic carbocycles. The molecule has 1 unspecified atom stereocenters. The number of hydrogen-bond acceptors (Lipinski definition) is 2. The van der Waals surface area contributed by atoms with E-state index in [9.17, 15) is 0 Å². The average molecular weight is 175 g/mol. The van der Waals surface area contributed by atoms with Gasteiger partial charge < -0.3 is 4.84 Å². The Hall–Kier alpha value is -1.31. The van der Waals surface area contributed by atoms with E-state index >= 15 is 0 Å². The Kier molecular flexibility index (Phi) is 1.83. The zero-order chi connectivity index (χ0) is 9.31. The summed E-state index contributed by atoms with van der Waals surface area (Å²) in [4.78, 5) is 5.43. The molecule has 68 valence electrons. The first-order valence-corrected chi connectivity index (χ1v) is 4.48. The van der Waals surface area contributed by atoms with Gasteiger partial charge in [0.2, 0.25) is 0 Å². The van der Waals surface area contributed by atoms with Crippen molar-refractivity contribution in [2.45, 2.75) is 25.9 Å². The van der Waals surface area contributed by atoms with Crippen molar-refractivity contribution in [2.24, 2.45) is 5.16 Å². The van der Waals surface area contributed by atoms with E-state index in [-0.39, 0.29) is 5.60 Å². The van der Waals surface area contributed by atoms with Crippen LogP contribution in [-0.4, -0.2) is 5.71 Å². The van der Waals surface area contributed by atoms with E-state index in [0.29, 0.717) is 0 Å². The molecule has 0 saturated heterocycles. The molecule has 0 radical (unpaired) electrons. The minimum atomic E-state index is -0.245. The van der Waals surface area contributed by atoms with Crippen LogP contribution in [0.1, 0.15) is 25.8 Å². The van der Waals surface area contributed by atoms with Crippen LogP contribution in [0.5, 0.6) is 0 Å². The highest BCUT2D eigenvalue weighted by Crippen LogP contribution is 2.33. The third-order valence-electron chi connectivity index (χ3n) is 2.38.